The van der Waals surface area contributed by atoms with Gasteiger partial charge >= 0.3 is 5.97 Å². The van der Waals surface area contributed by atoms with Gasteiger partial charge in [-0.25, -0.2) is 0 Å². The molecular weight excluding hydrogens is 416 g/mol. The SMILES string of the molecule is COC(=O)CCSCc1c(C(=O)c2ccc(Br)cc2)oc2ccccc12. The molecule has 3 aromatic rings. The summed E-state index contributed by atoms with van der Waals surface area (Å²) in [6.07, 6.45) is 0.340. The average Bonchev–Trinajstić information content (AvgIpc) is 3.03. The highest BCUT2D eigenvalue weighted by Gasteiger charge is 2.21. The fraction of sp³-hybridized carbons (Fsp3) is 0.200. The van der Waals surface area contributed by atoms with Gasteiger partial charge in [0.15, 0.2) is 5.76 Å². The molecule has 2 aromatic carbocycles. The number of thioether (sulfide) groups is 1. The topological polar surface area (TPSA) is 56.5 Å². The Bertz CT molecular complexity index is 931. The van der Waals surface area contributed by atoms with Gasteiger partial charge in [0.1, 0.15) is 5.58 Å². The van der Waals surface area contributed by atoms with Crippen LogP contribution in [0, 0.1) is 0 Å². The molecule has 0 saturated heterocycles. The van der Waals surface area contributed by atoms with Crippen molar-refractivity contribution in [1.82, 2.24) is 0 Å². The number of esters is 1. The van der Waals surface area contributed by atoms with E-state index in [0.29, 0.717) is 34.8 Å². The number of carbonyl (C=O) groups is 2. The average molecular weight is 433 g/mol. The molecule has 0 unspecified atom stereocenters. The van der Waals surface area contributed by atoms with E-state index < -0.39 is 0 Å². The van der Waals surface area contributed by atoms with Gasteiger partial charge in [0, 0.05) is 32.5 Å². The van der Waals surface area contributed by atoms with Crippen molar-refractivity contribution in [3.05, 3.63) is 69.9 Å². The summed E-state index contributed by atoms with van der Waals surface area (Å²) in [5.41, 5.74) is 2.13. The van der Waals surface area contributed by atoms with Crippen LogP contribution in [0.25, 0.3) is 11.0 Å². The van der Waals surface area contributed by atoms with Crippen LogP contribution in [-0.2, 0) is 15.3 Å². The number of hydrogen-bond acceptors (Lipinski definition) is 5. The lowest BCUT2D eigenvalue weighted by Crippen LogP contribution is -2.04. The molecule has 6 heteroatoms. The Morgan fingerprint density at radius 2 is 1.85 bits per heavy atom. The minimum absolute atomic E-state index is 0.141. The zero-order chi connectivity index (χ0) is 18.5. The van der Waals surface area contributed by atoms with Crippen LogP contribution < -0.4 is 0 Å². The van der Waals surface area contributed by atoms with E-state index in [9.17, 15) is 9.59 Å². The second kappa shape index (κ2) is 8.56. The summed E-state index contributed by atoms with van der Waals surface area (Å²) in [6, 6.07) is 14.8. The van der Waals surface area contributed by atoms with E-state index in [1.54, 1.807) is 23.9 Å². The third-order valence-electron chi connectivity index (χ3n) is 3.94. The molecule has 26 heavy (non-hydrogen) atoms. The first-order valence-corrected chi connectivity index (χ1v) is 10.00. The molecule has 0 aliphatic carbocycles. The highest BCUT2D eigenvalue weighted by molar-refractivity contribution is 9.10. The van der Waals surface area contributed by atoms with E-state index in [0.717, 1.165) is 15.4 Å². The van der Waals surface area contributed by atoms with E-state index in [1.165, 1.54) is 7.11 Å². The van der Waals surface area contributed by atoms with Crippen molar-refractivity contribution in [2.45, 2.75) is 12.2 Å². The molecule has 0 radical (unpaired) electrons. The summed E-state index contributed by atoms with van der Waals surface area (Å²) in [6.45, 7) is 0. The Balaban J connectivity index is 1.88. The fourth-order valence-corrected chi connectivity index (χ4v) is 3.80. The summed E-state index contributed by atoms with van der Waals surface area (Å²) in [4.78, 5) is 24.2. The minimum atomic E-state index is -0.235. The largest absolute Gasteiger partial charge is 0.469 e. The van der Waals surface area contributed by atoms with Gasteiger partial charge in [-0.05, 0) is 30.3 Å². The molecule has 4 nitrogen and oxygen atoms in total. The number of methoxy groups -OCH3 is 1. The van der Waals surface area contributed by atoms with Crippen molar-refractivity contribution >= 4 is 50.4 Å². The van der Waals surface area contributed by atoms with E-state index in [4.69, 9.17) is 4.42 Å². The molecule has 0 aliphatic rings. The maximum Gasteiger partial charge on any atom is 0.306 e. The van der Waals surface area contributed by atoms with Crippen molar-refractivity contribution in [1.29, 1.82) is 0 Å². The number of halogens is 1. The molecule has 0 saturated carbocycles. The van der Waals surface area contributed by atoms with Crippen LogP contribution in [-0.4, -0.2) is 24.6 Å². The minimum Gasteiger partial charge on any atom is -0.469 e. The molecule has 134 valence electrons. The van der Waals surface area contributed by atoms with Crippen LogP contribution in [0.3, 0.4) is 0 Å². The van der Waals surface area contributed by atoms with E-state index in [-0.39, 0.29) is 11.8 Å². The van der Waals surface area contributed by atoms with Crippen molar-refractivity contribution in [2.75, 3.05) is 12.9 Å². The van der Waals surface area contributed by atoms with E-state index in [1.807, 2.05) is 36.4 Å². The predicted molar refractivity (Wildman–Crippen MR) is 107 cm³/mol. The molecule has 0 aliphatic heterocycles. The lowest BCUT2D eigenvalue weighted by molar-refractivity contribution is -0.140. The number of rotatable bonds is 7. The van der Waals surface area contributed by atoms with Crippen LogP contribution in [0.2, 0.25) is 0 Å². The second-order valence-electron chi connectivity index (χ2n) is 5.62. The van der Waals surface area contributed by atoms with Gasteiger partial charge in [-0.2, -0.15) is 11.8 Å². The normalized spacial score (nSPS) is 10.8. The Hall–Kier alpha value is -2.05. The second-order valence-corrected chi connectivity index (χ2v) is 7.64. The van der Waals surface area contributed by atoms with E-state index in [2.05, 4.69) is 20.7 Å². The first kappa shape index (κ1) is 18.7. The summed E-state index contributed by atoms with van der Waals surface area (Å²) in [5, 5.41) is 0.929. The smallest absolute Gasteiger partial charge is 0.306 e. The lowest BCUT2D eigenvalue weighted by Gasteiger charge is -2.04. The van der Waals surface area contributed by atoms with Crippen molar-refractivity contribution in [2.24, 2.45) is 0 Å². The fourth-order valence-electron chi connectivity index (χ4n) is 2.59. The van der Waals surface area contributed by atoms with Gasteiger partial charge in [0.2, 0.25) is 5.78 Å². The van der Waals surface area contributed by atoms with Gasteiger partial charge in [-0.1, -0.05) is 34.1 Å². The monoisotopic (exact) mass is 432 g/mol. The van der Waals surface area contributed by atoms with Gasteiger partial charge in [0.05, 0.1) is 13.5 Å². The molecule has 0 spiro atoms. The maximum absolute atomic E-state index is 12.9. The number of benzene rings is 2. The first-order valence-electron chi connectivity index (χ1n) is 8.05. The molecule has 3 rings (SSSR count). The number of carbonyl (C=O) groups excluding carboxylic acids is 2. The molecular formula is C20H17BrO4S. The van der Waals surface area contributed by atoms with Gasteiger partial charge in [0.25, 0.3) is 0 Å². The predicted octanol–water partition coefficient (Wildman–Crippen LogP) is 5.22. The number of furan rings is 1. The molecule has 0 fully saturated rings. The van der Waals surface area contributed by atoms with Crippen molar-refractivity contribution in [3.63, 3.8) is 0 Å². The maximum atomic E-state index is 12.9. The number of para-hydroxylation sites is 1. The third kappa shape index (κ3) is 4.19. The summed E-state index contributed by atoms with van der Waals surface area (Å²) in [7, 11) is 1.38. The number of ketones is 1. The van der Waals surface area contributed by atoms with Crippen LogP contribution in [0.5, 0.6) is 0 Å². The standard InChI is InChI=1S/C20H17BrO4S/c1-24-18(22)10-11-26-12-16-15-4-2-3-5-17(15)25-20(16)19(23)13-6-8-14(21)9-7-13/h2-9H,10-12H2,1H3. The van der Waals surface area contributed by atoms with E-state index >= 15 is 0 Å². The Morgan fingerprint density at radius 3 is 2.58 bits per heavy atom. The molecule has 1 aromatic heterocycles. The Kier molecular flexibility index (Phi) is 6.16. The zero-order valence-corrected chi connectivity index (χ0v) is 16.6. The van der Waals surface area contributed by atoms with Crippen LogP contribution in [0.4, 0.5) is 0 Å². The van der Waals surface area contributed by atoms with Gasteiger partial charge in [-0.3, -0.25) is 9.59 Å². The van der Waals surface area contributed by atoms with Crippen LogP contribution in [0.15, 0.2) is 57.4 Å². The summed E-state index contributed by atoms with van der Waals surface area (Å²) in [5.74, 6) is 1.20. The number of ether oxygens (including phenoxy) is 1. The molecule has 1 heterocycles. The number of fused-ring (bicyclic) bond motifs is 1. The van der Waals surface area contributed by atoms with Crippen molar-refractivity contribution < 1.29 is 18.7 Å². The third-order valence-corrected chi connectivity index (χ3v) is 5.45. The van der Waals surface area contributed by atoms with Gasteiger partial charge < -0.3 is 9.15 Å². The molecule has 0 amide bonds. The quantitative estimate of drug-likeness (QED) is 0.290. The molecule has 0 atom stereocenters. The van der Waals surface area contributed by atoms with Gasteiger partial charge in [-0.15, -0.1) is 0 Å². The Labute approximate surface area is 164 Å². The first-order chi connectivity index (χ1) is 12.6. The highest BCUT2D eigenvalue weighted by Crippen LogP contribution is 2.31. The van der Waals surface area contributed by atoms with Crippen LogP contribution in [0.1, 0.15) is 28.1 Å². The lowest BCUT2D eigenvalue weighted by atomic mass is 10.0. The van der Waals surface area contributed by atoms with Crippen molar-refractivity contribution in [3.8, 4) is 0 Å². The summed E-state index contributed by atoms with van der Waals surface area (Å²) >= 11 is 4.96. The van der Waals surface area contributed by atoms with Crippen LogP contribution >= 0.6 is 27.7 Å². The number of hydrogen-bond donors (Lipinski definition) is 0. The highest BCUT2D eigenvalue weighted by atomic mass is 79.9. The molecule has 0 N–H and O–H groups in total. The summed E-state index contributed by atoms with van der Waals surface area (Å²) < 4.78 is 11.5. The Morgan fingerprint density at radius 1 is 1.12 bits per heavy atom. The zero-order valence-electron chi connectivity index (χ0n) is 14.2. The molecule has 0 bridgehead atoms.